The fraction of sp³-hybridized carbons (Fsp3) is 0.0500. The normalized spacial score (nSPS) is 10.7. The highest BCUT2D eigenvalue weighted by molar-refractivity contribution is 7.19. The number of nitrogens with one attached hydrogen (secondary N) is 1. The molecule has 0 aliphatic heterocycles. The molecule has 0 atom stereocenters. The van der Waals surface area contributed by atoms with Gasteiger partial charge in [-0.05, 0) is 72.3 Å². The fourth-order valence-corrected chi connectivity index (χ4v) is 7.32. The van der Waals surface area contributed by atoms with E-state index in [4.69, 9.17) is 17.3 Å². The average Bonchev–Trinajstić information content (AvgIpc) is 3.99. The Labute approximate surface area is 344 Å². The predicted molar refractivity (Wildman–Crippen MR) is 215 cm³/mol. The molecule has 0 aliphatic rings. The fourth-order valence-electron chi connectivity index (χ4n) is 5.37. The highest BCUT2D eigenvalue weighted by atomic mass is 35.5. The number of nitrogens with zero attached hydrogens (tertiary/aromatic N) is 6. The lowest BCUT2D eigenvalue weighted by atomic mass is 10.2. The molecule has 300 valence electrons. The molecule has 0 bridgehead atoms. The Morgan fingerprint density at radius 2 is 1.07 bits per heavy atom. The van der Waals surface area contributed by atoms with Crippen LogP contribution in [0, 0.1) is 34.9 Å². The third kappa shape index (κ3) is 10.1. The topological polar surface area (TPSA) is 134 Å². The van der Waals surface area contributed by atoms with Crippen LogP contribution in [0.25, 0.3) is 43.9 Å². The number of amides is 1. The Morgan fingerprint density at radius 1 is 0.610 bits per heavy atom. The van der Waals surface area contributed by atoms with Gasteiger partial charge < -0.3 is 11.1 Å². The Kier molecular flexibility index (Phi) is 13.0. The molecule has 8 rings (SSSR count). The second-order valence-corrected chi connectivity index (χ2v) is 14.6. The molecule has 0 saturated heterocycles. The maximum absolute atomic E-state index is 13.8. The van der Waals surface area contributed by atoms with Crippen molar-refractivity contribution in [3.05, 3.63) is 155 Å². The minimum Gasteiger partial charge on any atom is -0.391 e. The van der Waals surface area contributed by atoms with Crippen LogP contribution >= 0.6 is 34.3 Å². The van der Waals surface area contributed by atoms with Crippen LogP contribution in [-0.2, 0) is 14.1 Å². The zero-order valence-electron chi connectivity index (χ0n) is 30.4. The summed E-state index contributed by atoms with van der Waals surface area (Å²) < 4.78 is 81.6. The first kappa shape index (κ1) is 42.0. The Bertz CT molecular complexity index is 2730. The van der Waals surface area contributed by atoms with E-state index in [1.165, 1.54) is 11.3 Å². The zero-order valence-corrected chi connectivity index (χ0v) is 32.8. The molecule has 6 aromatic heterocycles. The van der Waals surface area contributed by atoms with E-state index in [9.17, 15) is 35.9 Å². The number of carbonyl (C=O) groups excluding carboxylic acids is 2. The van der Waals surface area contributed by atoms with E-state index in [0.717, 1.165) is 43.2 Å². The van der Waals surface area contributed by atoms with Crippen molar-refractivity contribution in [2.45, 2.75) is 0 Å². The van der Waals surface area contributed by atoms with E-state index >= 15 is 0 Å². The molecule has 19 heteroatoms. The van der Waals surface area contributed by atoms with Gasteiger partial charge in [0.05, 0.1) is 42.5 Å². The minimum absolute atomic E-state index is 0.383. The van der Waals surface area contributed by atoms with E-state index < -0.39 is 57.2 Å². The van der Waals surface area contributed by atoms with Gasteiger partial charge in [-0.1, -0.05) is 12.1 Å². The summed E-state index contributed by atoms with van der Waals surface area (Å²) in [4.78, 5) is 33.1. The Hall–Kier alpha value is -6.63. The number of hydrogen-bond donors (Lipinski definition) is 2. The molecule has 0 spiro atoms. The number of anilines is 2. The zero-order chi connectivity index (χ0) is 42.4. The molecular weight excluding hydrogens is 838 g/mol. The van der Waals surface area contributed by atoms with E-state index in [2.05, 4.69) is 25.5 Å². The van der Waals surface area contributed by atoms with Gasteiger partial charge in [-0.3, -0.25) is 28.9 Å². The largest absolute Gasteiger partial charge is 0.391 e. The lowest BCUT2D eigenvalue weighted by molar-refractivity contribution is 0.101. The van der Waals surface area contributed by atoms with Crippen molar-refractivity contribution >= 4 is 55.4 Å². The van der Waals surface area contributed by atoms with E-state index in [1.807, 2.05) is 72.4 Å². The summed E-state index contributed by atoms with van der Waals surface area (Å²) in [5.74, 6) is -8.29. The molecule has 6 heterocycles. The van der Waals surface area contributed by atoms with Crippen LogP contribution in [0.2, 0.25) is 0 Å². The number of pyridine rings is 2. The van der Waals surface area contributed by atoms with Crippen molar-refractivity contribution in [3.63, 3.8) is 0 Å². The SMILES string of the molecule is Cn1nc(-c2ccccn2)cc1-c1ccc(N)s1.Cn1nc(-c2ccccn2)cc1-c1ccc(NC(=O)c2c(F)cc(F)cc2F)s1.O=C(Cl)c1c(F)cc(F)cc1F. The lowest BCUT2D eigenvalue weighted by Gasteiger charge is -2.05. The number of nitrogens with two attached hydrogens (primary N) is 1. The molecule has 10 nitrogen and oxygen atoms in total. The second-order valence-electron chi connectivity index (χ2n) is 12.1. The van der Waals surface area contributed by atoms with Crippen LogP contribution in [0.5, 0.6) is 0 Å². The van der Waals surface area contributed by atoms with Crippen molar-refractivity contribution in [1.82, 2.24) is 29.5 Å². The third-order valence-corrected chi connectivity index (χ3v) is 10.2. The summed E-state index contributed by atoms with van der Waals surface area (Å²) in [5.41, 5.74) is 9.00. The maximum Gasteiger partial charge on any atom is 0.262 e. The van der Waals surface area contributed by atoms with E-state index in [-0.39, 0.29) is 0 Å². The van der Waals surface area contributed by atoms with Crippen LogP contribution in [-0.4, -0.2) is 40.7 Å². The van der Waals surface area contributed by atoms with Gasteiger partial charge in [0.1, 0.15) is 57.4 Å². The van der Waals surface area contributed by atoms with Gasteiger partial charge in [-0.2, -0.15) is 10.2 Å². The van der Waals surface area contributed by atoms with Crippen LogP contribution in [0.3, 0.4) is 0 Å². The summed E-state index contributed by atoms with van der Waals surface area (Å²) >= 11 is 7.60. The number of thiophene rings is 2. The summed E-state index contributed by atoms with van der Waals surface area (Å²) in [6, 6.07) is 24.2. The monoisotopic (exact) mass is 864 g/mol. The molecule has 0 unspecified atom stereocenters. The molecule has 0 radical (unpaired) electrons. The van der Waals surface area contributed by atoms with Gasteiger partial charge in [-0.15, -0.1) is 22.7 Å². The molecule has 0 aliphatic carbocycles. The van der Waals surface area contributed by atoms with Gasteiger partial charge >= 0.3 is 0 Å². The first-order valence-electron chi connectivity index (χ1n) is 16.9. The third-order valence-electron chi connectivity index (χ3n) is 8.03. The van der Waals surface area contributed by atoms with Gasteiger partial charge in [-0.25, -0.2) is 26.3 Å². The standard InChI is InChI=1S/C20H13F3N4OS.C13H12N4S.C7H2ClF3O/c1-27-16(10-15(26-27)14-4-2-3-7-24-14)17-5-6-18(29-17)25-20(28)19-12(22)8-11(21)9-13(19)23;1-17-11(12-5-6-13(14)18-12)8-10(16-17)9-4-2-3-7-15-9;8-7(12)6-4(10)1-3(9)2-5(6)11/h2-10H,1H3,(H,25,28);2-8H,14H2,1H3;1-2H. The van der Waals surface area contributed by atoms with Gasteiger partial charge in [0.25, 0.3) is 11.1 Å². The smallest absolute Gasteiger partial charge is 0.262 e. The first-order chi connectivity index (χ1) is 28.2. The number of nitrogen functional groups attached to an aromatic ring is 1. The average molecular weight is 865 g/mol. The quantitative estimate of drug-likeness (QED) is 0.120. The number of benzene rings is 2. The highest BCUT2D eigenvalue weighted by Gasteiger charge is 2.21. The van der Waals surface area contributed by atoms with Crippen molar-refractivity contribution in [2.75, 3.05) is 11.1 Å². The van der Waals surface area contributed by atoms with Gasteiger partial charge in [0.2, 0.25) is 0 Å². The van der Waals surface area contributed by atoms with Crippen LogP contribution in [0.4, 0.5) is 36.3 Å². The van der Waals surface area contributed by atoms with Crippen molar-refractivity contribution < 1.29 is 35.9 Å². The van der Waals surface area contributed by atoms with Crippen LogP contribution < -0.4 is 11.1 Å². The van der Waals surface area contributed by atoms with E-state index in [0.29, 0.717) is 35.0 Å². The number of hydrogen-bond acceptors (Lipinski definition) is 9. The molecule has 0 fully saturated rings. The lowest BCUT2D eigenvalue weighted by Crippen LogP contribution is -2.15. The van der Waals surface area contributed by atoms with Crippen LogP contribution in [0.15, 0.2) is 109 Å². The molecule has 3 N–H and O–H groups in total. The molecule has 1 amide bonds. The van der Waals surface area contributed by atoms with Crippen molar-refractivity contribution in [1.29, 1.82) is 0 Å². The summed E-state index contributed by atoms with van der Waals surface area (Å²) in [7, 11) is 3.71. The highest BCUT2D eigenvalue weighted by Crippen LogP contribution is 2.34. The molecule has 59 heavy (non-hydrogen) atoms. The number of aromatic nitrogens is 6. The number of rotatable bonds is 7. The molecule has 2 aromatic carbocycles. The number of aryl methyl sites for hydroxylation is 2. The summed E-state index contributed by atoms with van der Waals surface area (Å²) in [6.07, 6.45) is 3.45. The Morgan fingerprint density at radius 3 is 1.49 bits per heavy atom. The van der Waals surface area contributed by atoms with Gasteiger partial charge in [0, 0.05) is 50.8 Å². The number of halogens is 7. The van der Waals surface area contributed by atoms with E-state index in [1.54, 1.807) is 47.6 Å². The summed E-state index contributed by atoms with van der Waals surface area (Å²) in [5, 5.41) is 11.3. The number of carbonyl (C=O) groups is 2. The Balaban J connectivity index is 0.000000165. The summed E-state index contributed by atoms with van der Waals surface area (Å²) in [6.45, 7) is 0. The van der Waals surface area contributed by atoms with Crippen molar-refractivity contribution in [3.8, 4) is 43.9 Å². The molecular formula is C40H27ClF6N8O2S2. The predicted octanol–water partition coefficient (Wildman–Crippen LogP) is 10.2. The molecule has 8 aromatic rings. The molecule has 0 saturated carbocycles. The van der Waals surface area contributed by atoms with Crippen molar-refractivity contribution in [2.24, 2.45) is 14.1 Å². The second kappa shape index (κ2) is 18.3. The minimum atomic E-state index is -1.30. The van der Waals surface area contributed by atoms with Crippen LogP contribution in [0.1, 0.15) is 20.7 Å². The first-order valence-corrected chi connectivity index (χ1v) is 18.9. The maximum atomic E-state index is 13.8. The van der Waals surface area contributed by atoms with Gasteiger partial charge in [0.15, 0.2) is 0 Å².